The molecule has 3 fully saturated rings. The Morgan fingerprint density at radius 2 is 2.03 bits per heavy atom. The number of nitrogens with one attached hydrogen (secondary N) is 1. The molecule has 1 saturated heterocycles. The maximum Gasteiger partial charge on any atom is 0.310 e. The number of hydrogen-bond donors (Lipinski definition) is 2. The molecule has 3 aliphatic rings. The van der Waals surface area contributed by atoms with Crippen molar-refractivity contribution >= 4 is 5.97 Å². The number of carboxylic acid groups (broad SMARTS) is 1. The smallest absolute Gasteiger partial charge is 0.310 e. The zero-order chi connectivity index (χ0) is 21.2. The molecule has 0 radical (unpaired) electrons. The lowest BCUT2D eigenvalue weighted by atomic mass is 9.68. The van der Waals surface area contributed by atoms with E-state index in [1.165, 1.54) is 25.0 Å². The van der Waals surface area contributed by atoms with Gasteiger partial charge < -0.3 is 20.1 Å². The van der Waals surface area contributed by atoms with Gasteiger partial charge >= 0.3 is 5.97 Å². The largest absolute Gasteiger partial charge is 0.490 e. The van der Waals surface area contributed by atoms with Crippen LogP contribution in [0.15, 0.2) is 18.2 Å². The van der Waals surface area contributed by atoms with Gasteiger partial charge in [-0.2, -0.15) is 5.26 Å². The molecule has 30 heavy (non-hydrogen) atoms. The van der Waals surface area contributed by atoms with E-state index in [0.717, 1.165) is 51.7 Å². The van der Waals surface area contributed by atoms with E-state index in [9.17, 15) is 14.3 Å². The predicted molar refractivity (Wildman–Crippen MR) is 110 cm³/mol. The topological polar surface area (TPSA) is 85.6 Å². The summed E-state index contributed by atoms with van der Waals surface area (Å²) in [5, 5.41) is 22.2. The third-order valence-corrected chi connectivity index (χ3v) is 7.15. The van der Waals surface area contributed by atoms with Crippen LogP contribution in [0.25, 0.3) is 0 Å². The summed E-state index contributed by atoms with van der Waals surface area (Å²) in [6.07, 6.45) is 6.73. The van der Waals surface area contributed by atoms with Crippen LogP contribution < -0.4 is 10.1 Å². The summed E-state index contributed by atoms with van der Waals surface area (Å²) in [5.41, 5.74) is -0.384. The summed E-state index contributed by atoms with van der Waals surface area (Å²) in [5.74, 6) is -0.993. The molecule has 2 saturated carbocycles. The molecule has 0 aromatic heterocycles. The van der Waals surface area contributed by atoms with Gasteiger partial charge in [0.25, 0.3) is 0 Å². The number of carbonyl (C=O) groups is 1. The maximum atomic E-state index is 14.3. The van der Waals surface area contributed by atoms with Gasteiger partial charge in [-0.1, -0.05) is 6.42 Å². The van der Waals surface area contributed by atoms with E-state index in [0.29, 0.717) is 19.2 Å². The third-order valence-electron chi connectivity index (χ3n) is 7.15. The summed E-state index contributed by atoms with van der Waals surface area (Å²) in [7, 11) is 0. The first-order valence-electron chi connectivity index (χ1n) is 11.0. The highest BCUT2D eigenvalue weighted by Crippen LogP contribution is 2.43. The number of likely N-dealkylation sites (tertiary alicyclic amines) is 1. The standard InChI is InChI=1S/C23H30FN3O3/c24-19-12-17(13-25)2-5-20(19)30-16-22(14-26-18-3-4-18)8-10-27(11-9-22)15-23(21(28)29)6-1-7-23/h2,5,12,18,26H,1,3-4,6-11,14-16H2,(H,28,29). The Labute approximate surface area is 177 Å². The number of nitriles is 1. The van der Waals surface area contributed by atoms with E-state index in [1.807, 2.05) is 6.07 Å². The van der Waals surface area contributed by atoms with Crippen LogP contribution in [0.2, 0.25) is 0 Å². The van der Waals surface area contributed by atoms with Crippen molar-refractivity contribution < 1.29 is 19.0 Å². The van der Waals surface area contributed by atoms with E-state index in [2.05, 4.69) is 10.2 Å². The Morgan fingerprint density at radius 1 is 1.30 bits per heavy atom. The molecule has 6 nitrogen and oxygen atoms in total. The second kappa shape index (κ2) is 8.52. The summed E-state index contributed by atoms with van der Waals surface area (Å²) < 4.78 is 20.2. The molecule has 1 aliphatic heterocycles. The highest BCUT2D eigenvalue weighted by atomic mass is 19.1. The number of nitrogens with zero attached hydrogens (tertiary/aromatic N) is 2. The first-order chi connectivity index (χ1) is 14.4. The number of carboxylic acids is 1. The molecule has 2 N–H and O–H groups in total. The van der Waals surface area contributed by atoms with Gasteiger partial charge in [0.05, 0.1) is 23.7 Å². The normalized spacial score (nSPS) is 22.7. The Kier molecular flexibility index (Phi) is 5.99. The van der Waals surface area contributed by atoms with Crippen LogP contribution in [0, 0.1) is 28.0 Å². The SMILES string of the molecule is N#Cc1ccc(OCC2(CNC3CC3)CCN(CC3(C(=O)O)CCC3)CC2)c(F)c1. The van der Waals surface area contributed by atoms with Crippen molar-refractivity contribution in [1.82, 2.24) is 10.2 Å². The maximum absolute atomic E-state index is 14.3. The van der Waals surface area contributed by atoms with Gasteiger partial charge in [0.2, 0.25) is 0 Å². The Hall–Kier alpha value is -2.17. The number of benzene rings is 1. The number of piperidine rings is 1. The summed E-state index contributed by atoms with van der Waals surface area (Å²) in [6, 6.07) is 6.82. The van der Waals surface area contributed by atoms with Crippen LogP contribution in [0.5, 0.6) is 5.75 Å². The van der Waals surface area contributed by atoms with Crippen LogP contribution in [-0.4, -0.2) is 54.8 Å². The minimum Gasteiger partial charge on any atom is -0.490 e. The molecule has 7 heteroatoms. The highest BCUT2D eigenvalue weighted by molar-refractivity contribution is 5.76. The van der Waals surface area contributed by atoms with Gasteiger partial charge in [0.1, 0.15) is 0 Å². The zero-order valence-electron chi connectivity index (χ0n) is 17.3. The molecule has 0 atom stereocenters. The third kappa shape index (κ3) is 4.60. The van der Waals surface area contributed by atoms with Crippen molar-refractivity contribution in [2.24, 2.45) is 10.8 Å². The van der Waals surface area contributed by atoms with Crippen LogP contribution in [0.4, 0.5) is 4.39 Å². The molecular formula is C23H30FN3O3. The van der Waals surface area contributed by atoms with Crippen molar-refractivity contribution in [3.63, 3.8) is 0 Å². The van der Waals surface area contributed by atoms with Gasteiger partial charge in [0.15, 0.2) is 11.6 Å². The molecule has 162 valence electrons. The number of ether oxygens (including phenoxy) is 1. The van der Waals surface area contributed by atoms with Gasteiger partial charge in [-0.3, -0.25) is 4.79 Å². The lowest BCUT2D eigenvalue weighted by Crippen LogP contribution is -2.53. The number of halogens is 1. The molecule has 0 bridgehead atoms. The molecule has 0 spiro atoms. The fourth-order valence-corrected chi connectivity index (χ4v) is 4.60. The van der Waals surface area contributed by atoms with Gasteiger partial charge in [-0.25, -0.2) is 4.39 Å². The van der Waals surface area contributed by atoms with E-state index in [-0.39, 0.29) is 16.7 Å². The van der Waals surface area contributed by atoms with Crippen molar-refractivity contribution in [2.75, 3.05) is 32.8 Å². The number of aliphatic carboxylic acids is 1. The Bertz CT molecular complexity index is 821. The van der Waals surface area contributed by atoms with Gasteiger partial charge in [-0.05, 0) is 69.8 Å². The molecule has 0 unspecified atom stereocenters. The first kappa shape index (κ1) is 21.1. The van der Waals surface area contributed by atoms with Gasteiger partial charge in [-0.15, -0.1) is 0 Å². The monoisotopic (exact) mass is 415 g/mol. The van der Waals surface area contributed by atoms with E-state index in [4.69, 9.17) is 10.00 Å². The lowest BCUT2D eigenvalue weighted by molar-refractivity contribution is -0.156. The molecule has 1 aromatic carbocycles. The summed E-state index contributed by atoms with van der Waals surface area (Å²) >= 11 is 0. The van der Waals surface area contributed by atoms with Crippen LogP contribution in [-0.2, 0) is 4.79 Å². The zero-order valence-corrected chi connectivity index (χ0v) is 17.3. The second-order valence-corrected chi connectivity index (χ2v) is 9.42. The fraction of sp³-hybridized carbons (Fsp3) is 0.652. The van der Waals surface area contributed by atoms with E-state index >= 15 is 0 Å². The molecule has 4 rings (SSSR count). The summed E-state index contributed by atoms with van der Waals surface area (Å²) in [4.78, 5) is 14.0. The van der Waals surface area contributed by atoms with Crippen molar-refractivity contribution in [2.45, 2.75) is 51.0 Å². The molecule has 1 heterocycles. The minimum absolute atomic E-state index is 0.102. The minimum atomic E-state index is -0.666. The van der Waals surface area contributed by atoms with E-state index in [1.54, 1.807) is 6.07 Å². The average molecular weight is 416 g/mol. The average Bonchev–Trinajstić information content (AvgIpc) is 3.54. The Morgan fingerprint density at radius 3 is 2.57 bits per heavy atom. The molecule has 1 aromatic rings. The predicted octanol–water partition coefficient (Wildman–Crippen LogP) is 3.17. The Balaban J connectivity index is 1.38. The highest BCUT2D eigenvalue weighted by Gasteiger charge is 2.47. The van der Waals surface area contributed by atoms with Crippen LogP contribution in [0.1, 0.15) is 50.5 Å². The van der Waals surface area contributed by atoms with E-state index < -0.39 is 17.2 Å². The molecule has 0 amide bonds. The fourth-order valence-electron chi connectivity index (χ4n) is 4.60. The molecule has 2 aliphatic carbocycles. The van der Waals surface area contributed by atoms with Crippen molar-refractivity contribution in [1.29, 1.82) is 5.26 Å². The van der Waals surface area contributed by atoms with Crippen LogP contribution in [0.3, 0.4) is 0 Å². The first-order valence-corrected chi connectivity index (χ1v) is 11.0. The number of hydrogen-bond acceptors (Lipinski definition) is 5. The van der Waals surface area contributed by atoms with Crippen molar-refractivity contribution in [3.05, 3.63) is 29.6 Å². The lowest BCUT2D eigenvalue weighted by Gasteiger charge is -2.46. The number of rotatable bonds is 9. The quantitative estimate of drug-likeness (QED) is 0.644. The van der Waals surface area contributed by atoms with Crippen molar-refractivity contribution in [3.8, 4) is 11.8 Å². The summed E-state index contributed by atoms with van der Waals surface area (Å²) in [6.45, 7) is 3.53. The van der Waals surface area contributed by atoms with Gasteiger partial charge in [0, 0.05) is 24.5 Å². The molecular weight excluding hydrogens is 385 g/mol. The van der Waals surface area contributed by atoms with Crippen LogP contribution >= 0.6 is 0 Å². The second-order valence-electron chi connectivity index (χ2n) is 9.42.